The fourth-order valence-electron chi connectivity index (χ4n) is 7.77. The van der Waals surface area contributed by atoms with Crippen LogP contribution in [0.2, 0.25) is 0 Å². The molecule has 3 aliphatic rings. The Labute approximate surface area is 305 Å². The molecule has 3 aliphatic carbocycles. The summed E-state index contributed by atoms with van der Waals surface area (Å²) in [6.07, 6.45) is 10.5. The van der Waals surface area contributed by atoms with E-state index in [2.05, 4.69) is 28.2 Å². The first-order valence-corrected chi connectivity index (χ1v) is 19.5. The number of hydrogen-bond donors (Lipinski definition) is 5. The van der Waals surface area contributed by atoms with Crippen molar-refractivity contribution in [2.24, 2.45) is 17.8 Å². The molecule has 13 nitrogen and oxygen atoms in total. The Balaban J connectivity index is 1.56. The normalized spacial score (nSPS) is 25.4. The number of aliphatic carboxylic acids is 1. The Bertz CT molecular complexity index is 1190. The smallest absolute Gasteiger partial charge is 0.315 e. The molecule has 51 heavy (non-hydrogen) atoms. The first-order valence-electron chi connectivity index (χ1n) is 19.5. The van der Waals surface area contributed by atoms with Gasteiger partial charge in [-0.05, 0) is 96.3 Å². The highest BCUT2D eigenvalue weighted by Gasteiger charge is 2.36. The van der Waals surface area contributed by atoms with Gasteiger partial charge in [0.1, 0.15) is 0 Å². The largest absolute Gasteiger partial charge is 0.481 e. The summed E-state index contributed by atoms with van der Waals surface area (Å²) in [5.41, 5.74) is -0.916. The lowest BCUT2D eigenvalue weighted by Crippen LogP contribution is -2.57. The molecule has 3 saturated carbocycles. The maximum absolute atomic E-state index is 13.8. The van der Waals surface area contributed by atoms with Gasteiger partial charge in [0.2, 0.25) is 17.7 Å². The topological polar surface area (TPSA) is 177 Å². The molecule has 0 aromatic rings. The molecule has 3 rings (SSSR count). The number of hydrogen-bond acceptors (Lipinski definition) is 7. The summed E-state index contributed by atoms with van der Waals surface area (Å²) < 4.78 is 0. The van der Waals surface area contributed by atoms with E-state index >= 15 is 0 Å². The number of ketones is 1. The van der Waals surface area contributed by atoms with Gasteiger partial charge in [-0.2, -0.15) is 0 Å². The zero-order valence-corrected chi connectivity index (χ0v) is 32.1. The molecule has 0 heterocycles. The summed E-state index contributed by atoms with van der Waals surface area (Å²) in [5.74, 6) is -1.53. The number of carboxylic acids is 1. The van der Waals surface area contributed by atoms with E-state index in [1.807, 2.05) is 27.7 Å². The van der Waals surface area contributed by atoms with Crippen LogP contribution in [0.25, 0.3) is 0 Å². The Morgan fingerprint density at radius 3 is 1.92 bits per heavy atom. The molecule has 2 atom stereocenters. The van der Waals surface area contributed by atoms with Crippen LogP contribution >= 0.6 is 0 Å². The number of carboxylic acid groups (broad SMARTS) is 1. The maximum Gasteiger partial charge on any atom is 0.315 e. The Hall–Kier alpha value is -3.22. The highest BCUT2D eigenvalue weighted by molar-refractivity contribution is 5.93. The first kappa shape index (κ1) is 42.2. The number of nitrogens with zero attached hydrogens (tertiary/aromatic N) is 2. The molecule has 0 aliphatic heterocycles. The van der Waals surface area contributed by atoms with Crippen molar-refractivity contribution in [1.29, 1.82) is 0 Å². The predicted molar refractivity (Wildman–Crippen MR) is 196 cm³/mol. The molecular formula is C38H66N6O7. The van der Waals surface area contributed by atoms with Gasteiger partial charge < -0.3 is 36.2 Å². The van der Waals surface area contributed by atoms with Gasteiger partial charge in [0.15, 0.2) is 5.78 Å². The van der Waals surface area contributed by atoms with Gasteiger partial charge in [0, 0.05) is 50.1 Å². The summed E-state index contributed by atoms with van der Waals surface area (Å²) in [6.45, 7) is 11.3. The minimum absolute atomic E-state index is 0.00308. The van der Waals surface area contributed by atoms with Crippen LogP contribution in [-0.4, -0.2) is 106 Å². The van der Waals surface area contributed by atoms with Crippen molar-refractivity contribution in [2.45, 2.75) is 161 Å². The van der Waals surface area contributed by atoms with Crippen molar-refractivity contribution in [2.75, 3.05) is 26.2 Å². The SMILES string of the molecule is CC(=O)NC1CCC(C(=O)N(CCC(=O)O)CC(=O)N(CCC(C)C)CC(=O)C(C)(C)NC2CCC(NC(=O)NC3CCCCC3C)CC2)CC1. The molecule has 0 saturated heterocycles. The number of Topliss-reactive ketones (excluding diaryl/α,β-unsaturated/α-hetero) is 1. The minimum atomic E-state index is -1.06. The average Bonchev–Trinajstić information content (AvgIpc) is 3.06. The molecule has 0 radical (unpaired) electrons. The molecule has 0 aromatic heterocycles. The van der Waals surface area contributed by atoms with Crippen LogP contribution in [0, 0.1) is 17.8 Å². The highest BCUT2D eigenvalue weighted by Crippen LogP contribution is 2.27. The van der Waals surface area contributed by atoms with Crippen molar-refractivity contribution < 1.29 is 33.9 Å². The number of carbonyl (C=O) groups is 6. The highest BCUT2D eigenvalue weighted by atomic mass is 16.4. The minimum Gasteiger partial charge on any atom is -0.481 e. The second-order valence-corrected chi connectivity index (χ2v) is 16.4. The van der Waals surface area contributed by atoms with Gasteiger partial charge in [0.05, 0.1) is 25.0 Å². The molecule has 2 unspecified atom stereocenters. The van der Waals surface area contributed by atoms with E-state index in [1.165, 1.54) is 23.1 Å². The van der Waals surface area contributed by atoms with Crippen LogP contribution in [0.15, 0.2) is 0 Å². The monoisotopic (exact) mass is 718 g/mol. The van der Waals surface area contributed by atoms with E-state index in [4.69, 9.17) is 0 Å². The lowest BCUT2D eigenvalue weighted by Gasteiger charge is -2.37. The number of amides is 5. The molecule has 0 aromatic carbocycles. The van der Waals surface area contributed by atoms with Crippen molar-refractivity contribution >= 4 is 35.5 Å². The second-order valence-electron chi connectivity index (χ2n) is 16.4. The van der Waals surface area contributed by atoms with E-state index in [9.17, 15) is 33.9 Å². The third-order valence-electron chi connectivity index (χ3n) is 11.1. The Morgan fingerprint density at radius 2 is 1.33 bits per heavy atom. The van der Waals surface area contributed by atoms with E-state index in [-0.39, 0.29) is 91.6 Å². The molecule has 3 fully saturated rings. The van der Waals surface area contributed by atoms with E-state index in [0.29, 0.717) is 44.6 Å². The lowest BCUT2D eigenvalue weighted by atomic mass is 9.85. The zero-order valence-electron chi connectivity index (χ0n) is 32.1. The van der Waals surface area contributed by atoms with Gasteiger partial charge >= 0.3 is 12.0 Å². The van der Waals surface area contributed by atoms with Crippen molar-refractivity contribution in [3.8, 4) is 0 Å². The molecule has 13 heteroatoms. The summed E-state index contributed by atoms with van der Waals surface area (Å²) in [6, 6.07) is 0.316. The maximum atomic E-state index is 13.8. The fourth-order valence-corrected chi connectivity index (χ4v) is 7.77. The third kappa shape index (κ3) is 14.4. The van der Waals surface area contributed by atoms with Crippen molar-refractivity contribution in [3.05, 3.63) is 0 Å². The van der Waals surface area contributed by atoms with E-state index < -0.39 is 11.5 Å². The summed E-state index contributed by atoms with van der Waals surface area (Å²) in [7, 11) is 0. The zero-order chi connectivity index (χ0) is 37.7. The van der Waals surface area contributed by atoms with Crippen molar-refractivity contribution in [1.82, 2.24) is 31.1 Å². The Morgan fingerprint density at radius 1 is 0.745 bits per heavy atom. The van der Waals surface area contributed by atoms with E-state index in [0.717, 1.165) is 44.9 Å². The molecule has 290 valence electrons. The molecule has 0 bridgehead atoms. The van der Waals surface area contributed by atoms with Crippen LogP contribution in [-0.2, 0) is 24.0 Å². The van der Waals surface area contributed by atoms with Crippen LogP contribution in [0.4, 0.5) is 4.79 Å². The number of rotatable bonds is 17. The third-order valence-corrected chi connectivity index (χ3v) is 11.1. The van der Waals surface area contributed by atoms with Crippen LogP contribution in [0.5, 0.6) is 0 Å². The van der Waals surface area contributed by atoms with Gasteiger partial charge in [-0.25, -0.2) is 4.79 Å². The first-order chi connectivity index (χ1) is 24.0. The average molecular weight is 719 g/mol. The number of carbonyl (C=O) groups excluding carboxylic acids is 5. The van der Waals surface area contributed by atoms with Gasteiger partial charge in [-0.1, -0.05) is 33.6 Å². The second kappa shape index (κ2) is 20.1. The van der Waals surface area contributed by atoms with Crippen molar-refractivity contribution in [3.63, 3.8) is 0 Å². The number of urea groups is 1. The summed E-state index contributed by atoms with van der Waals surface area (Å²) in [4.78, 5) is 79.8. The van der Waals surface area contributed by atoms with Crippen LogP contribution in [0.1, 0.15) is 131 Å². The molecular weight excluding hydrogens is 652 g/mol. The van der Waals surface area contributed by atoms with Crippen LogP contribution < -0.4 is 21.3 Å². The lowest BCUT2D eigenvalue weighted by molar-refractivity contribution is -0.146. The van der Waals surface area contributed by atoms with Gasteiger partial charge in [-0.3, -0.25) is 24.0 Å². The fraction of sp³-hybridized carbons (Fsp3) is 0.842. The van der Waals surface area contributed by atoms with Gasteiger partial charge in [-0.15, -0.1) is 0 Å². The predicted octanol–water partition coefficient (Wildman–Crippen LogP) is 3.99. The Kier molecular flexibility index (Phi) is 16.7. The number of nitrogens with one attached hydrogen (secondary N) is 4. The molecule has 5 N–H and O–H groups in total. The molecule has 0 spiro atoms. The van der Waals surface area contributed by atoms with Crippen LogP contribution in [0.3, 0.4) is 0 Å². The van der Waals surface area contributed by atoms with Gasteiger partial charge in [0.25, 0.3) is 0 Å². The molecule has 5 amide bonds. The summed E-state index contributed by atoms with van der Waals surface area (Å²) >= 11 is 0. The quantitative estimate of drug-likeness (QED) is 0.150. The van der Waals surface area contributed by atoms with E-state index in [1.54, 1.807) is 0 Å². The summed E-state index contributed by atoms with van der Waals surface area (Å²) in [5, 5.41) is 22.1. The standard InChI is InChI=1S/C38H66N6O7/c1-25(2)19-21-43(34(47)24-44(22-20-35(48)49)36(50)28-11-13-29(14-12-28)39-27(4)45)23-33(46)38(5,6)42-31-17-15-30(16-18-31)40-37(51)41-32-10-8-7-9-26(32)3/h25-26,28-32,42H,7-24H2,1-6H3,(H,39,45)(H,48,49)(H2,40,41,51).